The number of furan rings is 1. The van der Waals surface area contributed by atoms with Gasteiger partial charge in [-0.05, 0) is 67.3 Å². The van der Waals surface area contributed by atoms with Gasteiger partial charge in [-0.2, -0.15) is 0 Å². The maximum absolute atomic E-state index is 13.9. The van der Waals surface area contributed by atoms with Crippen molar-refractivity contribution in [2.24, 2.45) is 0 Å². The predicted octanol–water partition coefficient (Wildman–Crippen LogP) is 7.62. The minimum atomic E-state index is -0.903. The Hall–Kier alpha value is -4.43. The third-order valence-corrected chi connectivity index (χ3v) is 8.09. The summed E-state index contributed by atoms with van der Waals surface area (Å²) in [6.07, 6.45) is 1.96. The third-order valence-electron chi connectivity index (χ3n) is 7.09. The summed E-state index contributed by atoms with van der Waals surface area (Å²) in [6.45, 7) is 6.69. The van der Waals surface area contributed by atoms with Crippen molar-refractivity contribution in [2.75, 3.05) is 11.5 Å². The number of hydrogen-bond donors (Lipinski definition) is 1. The van der Waals surface area contributed by atoms with Crippen molar-refractivity contribution in [3.63, 3.8) is 0 Å². The van der Waals surface area contributed by atoms with Crippen molar-refractivity contribution >= 4 is 49.3 Å². The molecule has 1 atom stereocenters. The van der Waals surface area contributed by atoms with Crippen molar-refractivity contribution in [1.82, 2.24) is 4.98 Å². The molecule has 1 aliphatic heterocycles. The van der Waals surface area contributed by atoms with Gasteiger partial charge in [-0.15, -0.1) is 0 Å². The van der Waals surface area contributed by atoms with E-state index in [1.807, 2.05) is 68.4 Å². The molecule has 0 spiro atoms. The summed E-state index contributed by atoms with van der Waals surface area (Å²) in [7, 11) is 0. The summed E-state index contributed by atoms with van der Waals surface area (Å²) in [4.78, 5) is 33.8. The average molecular weight is 553 g/mol. The summed E-state index contributed by atoms with van der Waals surface area (Å²) in [5, 5.41) is 12.3. The number of anilines is 1. The monoisotopic (exact) mass is 552 g/mol. The number of nitrogens with zero attached hydrogens (tertiary/aromatic N) is 2. The summed E-state index contributed by atoms with van der Waals surface area (Å²) in [5.41, 5.74) is 4.01. The molecule has 202 valence electrons. The van der Waals surface area contributed by atoms with E-state index in [9.17, 15) is 14.7 Å². The number of carbonyl (C=O) groups is 2. The average Bonchev–Trinajstić information content (AvgIpc) is 3.63. The lowest BCUT2D eigenvalue weighted by molar-refractivity contribution is -0.117. The Morgan fingerprint density at radius 2 is 1.88 bits per heavy atom. The molecule has 6 rings (SSSR count). The number of rotatable bonds is 8. The molecule has 40 heavy (non-hydrogen) atoms. The Kier molecular flexibility index (Phi) is 6.64. The van der Waals surface area contributed by atoms with E-state index in [1.165, 1.54) is 16.2 Å². The van der Waals surface area contributed by atoms with Crippen LogP contribution in [0.25, 0.3) is 21.2 Å². The van der Waals surface area contributed by atoms with Crippen LogP contribution in [0.4, 0.5) is 5.13 Å². The molecule has 0 radical (unpaired) electrons. The maximum atomic E-state index is 13.9. The highest BCUT2D eigenvalue weighted by atomic mass is 32.1. The number of amides is 1. The van der Waals surface area contributed by atoms with Crippen LogP contribution in [0.1, 0.15) is 53.1 Å². The van der Waals surface area contributed by atoms with Gasteiger partial charge in [0.15, 0.2) is 16.7 Å². The lowest BCUT2D eigenvalue weighted by Crippen LogP contribution is -2.30. The lowest BCUT2D eigenvalue weighted by atomic mass is 9.95. The first-order valence-electron chi connectivity index (χ1n) is 13.3. The fourth-order valence-electron chi connectivity index (χ4n) is 5.12. The molecule has 0 aliphatic carbocycles. The Morgan fingerprint density at radius 1 is 1.10 bits per heavy atom. The van der Waals surface area contributed by atoms with Crippen molar-refractivity contribution in [3.05, 3.63) is 101 Å². The zero-order valence-electron chi connectivity index (χ0n) is 22.4. The van der Waals surface area contributed by atoms with E-state index in [4.69, 9.17) is 14.1 Å². The molecule has 3 heterocycles. The fraction of sp³-hybridized carbons (Fsp3) is 0.219. The van der Waals surface area contributed by atoms with Gasteiger partial charge in [0.05, 0.1) is 28.4 Å². The molecular weight excluding hydrogens is 524 g/mol. The number of ether oxygens (including phenoxy) is 1. The molecule has 1 aliphatic rings. The van der Waals surface area contributed by atoms with Gasteiger partial charge in [0.2, 0.25) is 5.78 Å². The van der Waals surface area contributed by atoms with Crippen LogP contribution in [0.15, 0.2) is 82.5 Å². The highest BCUT2D eigenvalue weighted by Crippen LogP contribution is 2.45. The molecule has 0 saturated carbocycles. The molecule has 1 amide bonds. The van der Waals surface area contributed by atoms with E-state index in [-0.39, 0.29) is 11.3 Å². The normalized spacial score (nSPS) is 15.5. The second kappa shape index (κ2) is 10.3. The largest absolute Gasteiger partial charge is 0.503 e. The zero-order chi connectivity index (χ0) is 28.0. The Balaban J connectivity index is 1.46. The van der Waals surface area contributed by atoms with Crippen LogP contribution in [0, 0.1) is 13.8 Å². The molecule has 0 fully saturated rings. The molecule has 5 aromatic rings. The van der Waals surface area contributed by atoms with Crippen molar-refractivity contribution in [2.45, 2.75) is 39.7 Å². The number of aliphatic hydroxyl groups excluding tert-OH is 1. The van der Waals surface area contributed by atoms with Gasteiger partial charge in [-0.1, -0.05) is 61.1 Å². The van der Waals surface area contributed by atoms with Crippen LogP contribution >= 0.6 is 11.3 Å². The number of para-hydroxylation sites is 1. The van der Waals surface area contributed by atoms with E-state index < -0.39 is 23.5 Å². The molecule has 1 N–H and O–H groups in total. The van der Waals surface area contributed by atoms with Gasteiger partial charge in [0.25, 0.3) is 5.91 Å². The number of Topliss-reactive ketones (excluding diaryl/α,β-unsaturated/α-hetero) is 1. The first kappa shape index (κ1) is 25.8. The standard InChI is InChI=1S/C32H28N2O5S/c1-4-5-14-38-22-12-10-20(11-13-22)28-26(29(35)24-17-21-8-6-7-9-23(21)39-24)30(36)31(37)34(28)32-33-27-19(3)15-18(2)16-25(27)40-32/h6-13,15-17,28,36H,4-5,14H2,1-3H3/t28-/m0/s1. The van der Waals surface area contributed by atoms with Gasteiger partial charge in [0, 0.05) is 5.39 Å². The van der Waals surface area contributed by atoms with Gasteiger partial charge < -0.3 is 14.3 Å². The van der Waals surface area contributed by atoms with Crippen molar-refractivity contribution in [3.8, 4) is 5.75 Å². The number of benzene rings is 3. The predicted molar refractivity (Wildman–Crippen MR) is 156 cm³/mol. The SMILES string of the molecule is CCCCOc1ccc([C@H]2C(C(=O)c3cc4ccccc4o3)=C(O)C(=O)N2c2nc3c(C)cc(C)cc3s2)cc1. The smallest absolute Gasteiger partial charge is 0.296 e. The van der Waals surface area contributed by atoms with Gasteiger partial charge in [0.1, 0.15) is 11.3 Å². The van der Waals surface area contributed by atoms with Gasteiger partial charge in [-0.25, -0.2) is 4.98 Å². The van der Waals surface area contributed by atoms with Crippen LogP contribution < -0.4 is 9.64 Å². The third kappa shape index (κ3) is 4.44. The molecule has 0 bridgehead atoms. The van der Waals surface area contributed by atoms with Gasteiger partial charge >= 0.3 is 0 Å². The number of aliphatic hydroxyl groups is 1. The molecule has 2 aromatic heterocycles. The summed E-state index contributed by atoms with van der Waals surface area (Å²) >= 11 is 1.35. The number of ketones is 1. The Labute approximate surface area is 235 Å². The molecule has 0 saturated heterocycles. The minimum Gasteiger partial charge on any atom is -0.503 e. The van der Waals surface area contributed by atoms with Crippen LogP contribution in [0.2, 0.25) is 0 Å². The first-order chi connectivity index (χ1) is 19.4. The summed E-state index contributed by atoms with van der Waals surface area (Å²) < 4.78 is 12.6. The van der Waals surface area contributed by atoms with E-state index >= 15 is 0 Å². The Bertz CT molecular complexity index is 1760. The van der Waals surface area contributed by atoms with Crippen LogP contribution in [-0.4, -0.2) is 28.4 Å². The van der Waals surface area contributed by atoms with Crippen molar-refractivity contribution < 1.29 is 23.8 Å². The summed E-state index contributed by atoms with van der Waals surface area (Å²) in [6, 6.07) is 19.4. The Morgan fingerprint density at radius 3 is 2.62 bits per heavy atom. The molecular formula is C32H28N2O5S. The highest BCUT2D eigenvalue weighted by Gasteiger charge is 2.46. The topological polar surface area (TPSA) is 92.9 Å². The minimum absolute atomic E-state index is 0.0455. The molecule has 7 nitrogen and oxygen atoms in total. The van der Waals surface area contributed by atoms with Crippen LogP contribution in [0.3, 0.4) is 0 Å². The number of unbranched alkanes of at least 4 members (excludes halogenated alkanes) is 1. The first-order valence-corrected chi connectivity index (χ1v) is 14.1. The zero-order valence-corrected chi connectivity index (χ0v) is 23.2. The number of carbonyl (C=O) groups excluding carboxylic acids is 2. The highest BCUT2D eigenvalue weighted by molar-refractivity contribution is 7.22. The number of aryl methyl sites for hydroxylation is 2. The molecule has 8 heteroatoms. The lowest BCUT2D eigenvalue weighted by Gasteiger charge is -2.24. The van der Waals surface area contributed by atoms with Crippen molar-refractivity contribution in [1.29, 1.82) is 0 Å². The van der Waals surface area contributed by atoms with Gasteiger partial charge in [-0.3, -0.25) is 14.5 Å². The number of aromatic nitrogens is 1. The number of fused-ring (bicyclic) bond motifs is 2. The molecule has 3 aromatic carbocycles. The van der Waals surface area contributed by atoms with Crippen LogP contribution in [0.5, 0.6) is 5.75 Å². The van der Waals surface area contributed by atoms with E-state index in [0.717, 1.165) is 39.6 Å². The fourth-order valence-corrected chi connectivity index (χ4v) is 6.29. The van der Waals surface area contributed by atoms with E-state index in [2.05, 4.69) is 6.92 Å². The van der Waals surface area contributed by atoms with E-state index in [1.54, 1.807) is 12.1 Å². The van der Waals surface area contributed by atoms with Crippen LogP contribution in [-0.2, 0) is 4.79 Å². The number of thiazole rings is 1. The molecule has 0 unspecified atom stereocenters. The second-order valence-corrected chi connectivity index (χ2v) is 11.0. The summed E-state index contributed by atoms with van der Waals surface area (Å²) in [5.74, 6) is -1.09. The maximum Gasteiger partial charge on any atom is 0.296 e. The van der Waals surface area contributed by atoms with E-state index in [0.29, 0.717) is 28.6 Å². The quantitative estimate of drug-likeness (QED) is 0.157. The second-order valence-electron chi connectivity index (χ2n) is 10.0. The number of hydrogen-bond acceptors (Lipinski definition) is 7.